The fourth-order valence-electron chi connectivity index (χ4n) is 4.78. The number of methoxy groups -OCH3 is 1. The number of unbranched alkanes of at least 4 members (excludes halogenated alkanes) is 2. The van der Waals surface area contributed by atoms with Gasteiger partial charge in [0.15, 0.2) is 16.6 Å². The first-order chi connectivity index (χ1) is 21.2. The molecule has 2 heterocycles. The van der Waals surface area contributed by atoms with E-state index in [-0.39, 0.29) is 27.9 Å². The van der Waals surface area contributed by atoms with Crippen LogP contribution in [0.5, 0.6) is 17.2 Å². The summed E-state index contributed by atoms with van der Waals surface area (Å²) in [5.41, 5.74) is 0.947. The molecule has 1 fully saturated rings. The van der Waals surface area contributed by atoms with Gasteiger partial charge in [0.2, 0.25) is 0 Å². The third kappa shape index (κ3) is 6.78. The number of esters is 1. The number of rotatable bonds is 14. The monoisotopic (exact) mass is 620 g/mol. The van der Waals surface area contributed by atoms with Crippen molar-refractivity contribution in [2.24, 2.45) is 0 Å². The van der Waals surface area contributed by atoms with Gasteiger partial charge in [0.1, 0.15) is 23.0 Å². The average molecular weight is 621 g/mol. The Balaban J connectivity index is 1.86. The van der Waals surface area contributed by atoms with Crippen molar-refractivity contribution < 1.29 is 38.4 Å². The Morgan fingerprint density at radius 1 is 1.11 bits per heavy atom. The molecule has 10 nitrogen and oxygen atoms in total. The molecule has 0 spiro atoms. The summed E-state index contributed by atoms with van der Waals surface area (Å²) in [6.45, 7) is 10.0. The van der Waals surface area contributed by atoms with E-state index in [1.165, 1.54) is 18.1 Å². The number of ether oxygens (including phenoxy) is 4. The van der Waals surface area contributed by atoms with E-state index < -0.39 is 23.7 Å². The normalized spacial score (nSPS) is 15.7. The SMILES string of the molecule is C=CCOC(=O)c1sc(N2C(=O)C(=O)/C(=C(/O)c3cccc(OCC)c3)C2c2ccc(OCCCCC)c(OC)c2)nc1C. The number of nitrogens with zero attached hydrogens (tertiary/aromatic N) is 2. The standard InChI is InChI=1S/C33H36N2O8S/c1-6-9-10-17-42-24-15-14-21(19-25(24)40-5)27-26(28(36)22-12-11-13-23(18-22)41-8-3)29(37)31(38)35(27)33-34-20(4)30(44-33)32(39)43-16-7-2/h7,11-15,18-19,27,36H,2,6,8-10,16-17H2,1,3-5H3/b28-26+. The van der Waals surface area contributed by atoms with Crippen LogP contribution in [-0.2, 0) is 14.3 Å². The molecule has 1 amide bonds. The first-order valence-electron chi connectivity index (χ1n) is 14.4. The summed E-state index contributed by atoms with van der Waals surface area (Å²) in [4.78, 5) is 45.9. The highest BCUT2D eigenvalue weighted by molar-refractivity contribution is 7.17. The van der Waals surface area contributed by atoms with Gasteiger partial charge in [-0.1, -0.05) is 62.0 Å². The minimum absolute atomic E-state index is 0.00346. The van der Waals surface area contributed by atoms with Crippen molar-refractivity contribution in [2.75, 3.05) is 31.8 Å². The molecular weight excluding hydrogens is 584 g/mol. The molecule has 232 valence electrons. The molecule has 4 rings (SSSR count). The molecule has 1 N–H and O–H groups in total. The Hall–Kier alpha value is -4.64. The number of carbonyl (C=O) groups excluding carboxylic acids is 3. The number of aromatic nitrogens is 1. The molecule has 1 aromatic heterocycles. The van der Waals surface area contributed by atoms with Crippen LogP contribution in [0.25, 0.3) is 5.76 Å². The van der Waals surface area contributed by atoms with Gasteiger partial charge in [0.05, 0.1) is 37.6 Å². The molecule has 0 aliphatic carbocycles. The summed E-state index contributed by atoms with van der Waals surface area (Å²) in [6.07, 6.45) is 4.40. The van der Waals surface area contributed by atoms with Gasteiger partial charge in [-0.3, -0.25) is 14.5 Å². The van der Waals surface area contributed by atoms with Crippen molar-refractivity contribution in [1.29, 1.82) is 0 Å². The predicted molar refractivity (Wildman–Crippen MR) is 168 cm³/mol. The molecular formula is C33H36N2O8S. The number of aryl methyl sites for hydroxylation is 1. The summed E-state index contributed by atoms with van der Waals surface area (Å²) in [7, 11) is 1.50. The van der Waals surface area contributed by atoms with Crippen LogP contribution in [-0.4, -0.2) is 54.7 Å². The largest absolute Gasteiger partial charge is 0.507 e. The number of hydrogen-bond acceptors (Lipinski definition) is 10. The third-order valence-corrected chi connectivity index (χ3v) is 8.02. The topological polar surface area (TPSA) is 124 Å². The molecule has 0 radical (unpaired) electrons. The summed E-state index contributed by atoms with van der Waals surface area (Å²) in [5, 5.41) is 11.7. The lowest BCUT2D eigenvalue weighted by molar-refractivity contribution is -0.132. The zero-order valence-electron chi connectivity index (χ0n) is 25.3. The van der Waals surface area contributed by atoms with Crippen LogP contribution in [0.4, 0.5) is 5.13 Å². The lowest BCUT2D eigenvalue weighted by Crippen LogP contribution is -2.29. The Morgan fingerprint density at radius 2 is 1.91 bits per heavy atom. The summed E-state index contributed by atoms with van der Waals surface area (Å²) in [6, 6.07) is 10.6. The van der Waals surface area contributed by atoms with E-state index >= 15 is 0 Å². The number of thiazole rings is 1. The van der Waals surface area contributed by atoms with Crippen LogP contribution in [0, 0.1) is 6.92 Å². The van der Waals surface area contributed by atoms with Crippen LogP contribution in [0.1, 0.15) is 65.6 Å². The maximum Gasteiger partial charge on any atom is 0.350 e. The Labute approximate surface area is 260 Å². The van der Waals surface area contributed by atoms with Gasteiger partial charge in [-0.15, -0.1) is 0 Å². The van der Waals surface area contributed by atoms with Gasteiger partial charge in [0, 0.05) is 5.56 Å². The zero-order valence-corrected chi connectivity index (χ0v) is 26.1. The van der Waals surface area contributed by atoms with Crippen molar-refractivity contribution in [3.63, 3.8) is 0 Å². The lowest BCUT2D eigenvalue weighted by atomic mass is 9.95. The van der Waals surface area contributed by atoms with E-state index in [0.29, 0.717) is 47.3 Å². The van der Waals surface area contributed by atoms with Crippen molar-refractivity contribution in [3.8, 4) is 17.2 Å². The highest BCUT2D eigenvalue weighted by Gasteiger charge is 2.48. The van der Waals surface area contributed by atoms with Crippen LogP contribution >= 0.6 is 11.3 Å². The molecule has 3 aromatic rings. The first kappa shape index (κ1) is 32.3. The average Bonchev–Trinajstić information content (AvgIpc) is 3.54. The van der Waals surface area contributed by atoms with Crippen LogP contribution in [0.15, 0.2) is 60.7 Å². The number of carbonyl (C=O) groups is 3. The molecule has 44 heavy (non-hydrogen) atoms. The minimum atomic E-state index is -1.10. The molecule has 11 heteroatoms. The van der Waals surface area contributed by atoms with E-state index in [1.54, 1.807) is 49.4 Å². The second-order valence-electron chi connectivity index (χ2n) is 9.89. The number of amides is 1. The number of benzene rings is 2. The quantitative estimate of drug-likeness (QED) is 0.0545. The van der Waals surface area contributed by atoms with Gasteiger partial charge >= 0.3 is 11.9 Å². The maximum absolute atomic E-state index is 13.7. The minimum Gasteiger partial charge on any atom is -0.507 e. The molecule has 1 aliphatic heterocycles. The van der Waals surface area contributed by atoms with E-state index in [4.69, 9.17) is 18.9 Å². The van der Waals surface area contributed by atoms with Crippen LogP contribution < -0.4 is 19.1 Å². The second kappa shape index (κ2) is 14.7. The molecule has 1 unspecified atom stereocenters. The van der Waals surface area contributed by atoms with Crippen LogP contribution in [0.2, 0.25) is 0 Å². The van der Waals surface area contributed by atoms with Gasteiger partial charge in [-0.2, -0.15) is 0 Å². The number of Topliss-reactive ketones (excluding diaryl/α,β-unsaturated/α-hetero) is 1. The van der Waals surface area contributed by atoms with Crippen molar-refractivity contribution in [2.45, 2.75) is 46.1 Å². The highest BCUT2D eigenvalue weighted by Crippen LogP contribution is 2.45. The lowest BCUT2D eigenvalue weighted by Gasteiger charge is -2.24. The summed E-state index contributed by atoms with van der Waals surface area (Å²) in [5.74, 6) is -1.42. The highest BCUT2D eigenvalue weighted by atomic mass is 32.1. The smallest absolute Gasteiger partial charge is 0.350 e. The molecule has 0 bridgehead atoms. The number of anilines is 1. The van der Waals surface area contributed by atoms with E-state index in [0.717, 1.165) is 30.6 Å². The zero-order chi connectivity index (χ0) is 31.8. The van der Waals surface area contributed by atoms with E-state index in [2.05, 4.69) is 18.5 Å². The number of ketones is 1. The molecule has 2 aromatic carbocycles. The van der Waals surface area contributed by atoms with Gasteiger partial charge in [-0.05, 0) is 50.1 Å². The molecule has 1 saturated heterocycles. The summed E-state index contributed by atoms with van der Waals surface area (Å²) >= 11 is 0.920. The van der Waals surface area contributed by atoms with E-state index in [1.807, 2.05) is 6.92 Å². The summed E-state index contributed by atoms with van der Waals surface area (Å²) < 4.78 is 22.3. The molecule has 1 atom stereocenters. The van der Waals surface area contributed by atoms with Crippen molar-refractivity contribution in [1.82, 2.24) is 4.98 Å². The van der Waals surface area contributed by atoms with Crippen LogP contribution in [0.3, 0.4) is 0 Å². The van der Waals surface area contributed by atoms with E-state index in [9.17, 15) is 19.5 Å². The number of hydrogen-bond donors (Lipinski definition) is 1. The maximum atomic E-state index is 13.7. The second-order valence-corrected chi connectivity index (χ2v) is 10.9. The van der Waals surface area contributed by atoms with Gasteiger partial charge < -0.3 is 24.1 Å². The van der Waals surface area contributed by atoms with Crippen molar-refractivity contribution in [3.05, 3.63) is 82.4 Å². The Bertz CT molecular complexity index is 1580. The number of aliphatic hydroxyl groups excluding tert-OH is 1. The fourth-order valence-corrected chi connectivity index (χ4v) is 5.77. The Kier molecular flexibility index (Phi) is 10.8. The molecule has 0 saturated carbocycles. The van der Waals surface area contributed by atoms with Gasteiger partial charge in [0.25, 0.3) is 5.78 Å². The fraction of sp³-hybridized carbons (Fsp3) is 0.333. The predicted octanol–water partition coefficient (Wildman–Crippen LogP) is 6.40. The molecule has 1 aliphatic rings. The van der Waals surface area contributed by atoms with Crippen molar-refractivity contribution >= 4 is 39.9 Å². The third-order valence-electron chi connectivity index (χ3n) is 6.88. The first-order valence-corrected chi connectivity index (χ1v) is 15.2. The number of aliphatic hydroxyl groups is 1. The van der Waals surface area contributed by atoms with Gasteiger partial charge in [-0.25, -0.2) is 9.78 Å². The Morgan fingerprint density at radius 3 is 2.61 bits per heavy atom.